The van der Waals surface area contributed by atoms with Crippen LogP contribution in [0.4, 0.5) is 0 Å². The largest absolute Gasteiger partial charge is 0.305 e. The Bertz CT molecular complexity index is 388. The van der Waals surface area contributed by atoms with Crippen molar-refractivity contribution < 1.29 is 0 Å². The highest BCUT2D eigenvalue weighted by atomic mass is 15.2. The smallest absolute Gasteiger partial charge is 0.0535 e. The molecule has 0 amide bonds. The molecule has 0 saturated carbocycles. The Hall–Kier alpha value is -0.860. The molecular weight excluding hydrogens is 232 g/mol. The molecule has 1 N–H and O–H groups in total. The zero-order chi connectivity index (χ0) is 13.9. The average Bonchev–Trinajstić information content (AvgIpc) is 2.41. The molecule has 2 rings (SSSR count). The summed E-state index contributed by atoms with van der Waals surface area (Å²) in [5.74, 6) is 0.782. The molecule has 2 atom stereocenters. The van der Waals surface area contributed by atoms with Gasteiger partial charge in [-0.2, -0.15) is 0 Å². The topological polar surface area (TPSA) is 15.3 Å². The van der Waals surface area contributed by atoms with Crippen LogP contribution in [0.3, 0.4) is 0 Å². The van der Waals surface area contributed by atoms with Crippen molar-refractivity contribution in [2.45, 2.75) is 45.7 Å². The van der Waals surface area contributed by atoms with E-state index in [1.807, 2.05) is 0 Å². The molecule has 2 nitrogen and oxygen atoms in total. The van der Waals surface area contributed by atoms with Gasteiger partial charge in [0.05, 0.1) is 5.54 Å². The van der Waals surface area contributed by atoms with Crippen molar-refractivity contribution in [3.8, 4) is 0 Å². The highest BCUT2D eigenvalue weighted by molar-refractivity contribution is 5.25. The maximum atomic E-state index is 3.74. The van der Waals surface area contributed by atoms with Gasteiger partial charge in [-0.05, 0) is 38.3 Å². The van der Waals surface area contributed by atoms with Crippen LogP contribution in [0.15, 0.2) is 30.3 Å². The Balaban J connectivity index is 2.07. The number of rotatable bonds is 4. The summed E-state index contributed by atoms with van der Waals surface area (Å²) in [4.78, 5) is 2.64. The Kier molecular flexibility index (Phi) is 4.64. The van der Waals surface area contributed by atoms with Crippen LogP contribution in [-0.2, 0) is 5.54 Å². The third-order valence-corrected chi connectivity index (χ3v) is 4.33. The predicted octanol–water partition coefficient (Wildman–Crippen LogP) is 3.24. The molecule has 0 spiro atoms. The number of hydrogen-bond donors (Lipinski definition) is 1. The SMILES string of the molecule is CC(C)CCN1CC(C)(c2ccccc2)NCC1C. The molecule has 0 aliphatic carbocycles. The second-order valence-electron chi connectivity index (χ2n) is 6.58. The van der Waals surface area contributed by atoms with Crippen molar-refractivity contribution in [2.75, 3.05) is 19.6 Å². The lowest BCUT2D eigenvalue weighted by molar-refractivity contribution is 0.0900. The number of nitrogens with zero attached hydrogens (tertiary/aromatic N) is 1. The zero-order valence-electron chi connectivity index (χ0n) is 12.8. The molecule has 106 valence electrons. The summed E-state index contributed by atoms with van der Waals surface area (Å²) in [7, 11) is 0. The summed E-state index contributed by atoms with van der Waals surface area (Å²) in [6.07, 6.45) is 1.29. The van der Waals surface area contributed by atoms with Crippen LogP contribution in [0.25, 0.3) is 0 Å². The van der Waals surface area contributed by atoms with E-state index in [2.05, 4.69) is 68.2 Å². The molecule has 1 heterocycles. The third-order valence-electron chi connectivity index (χ3n) is 4.33. The molecule has 2 unspecified atom stereocenters. The summed E-state index contributed by atoms with van der Waals surface area (Å²) in [5, 5.41) is 3.74. The van der Waals surface area contributed by atoms with E-state index in [0.717, 1.165) is 19.0 Å². The highest BCUT2D eigenvalue weighted by Crippen LogP contribution is 2.26. The predicted molar refractivity (Wildman–Crippen MR) is 82.3 cm³/mol. The van der Waals surface area contributed by atoms with E-state index >= 15 is 0 Å². The number of piperazine rings is 1. The molecule has 1 saturated heterocycles. The van der Waals surface area contributed by atoms with Crippen LogP contribution >= 0.6 is 0 Å². The minimum Gasteiger partial charge on any atom is -0.305 e. The average molecular weight is 260 g/mol. The van der Waals surface area contributed by atoms with E-state index in [1.165, 1.54) is 18.5 Å². The Morgan fingerprint density at radius 2 is 2.00 bits per heavy atom. The molecule has 2 heteroatoms. The van der Waals surface area contributed by atoms with Gasteiger partial charge in [0.2, 0.25) is 0 Å². The molecule has 1 aliphatic heterocycles. The van der Waals surface area contributed by atoms with E-state index < -0.39 is 0 Å². The fourth-order valence-corrected chi connectivity index (χ4v) is 2.84. The lowest BCUT2D eigenvalue weighted by atomic mass is 9.88. The van der Waals surface area contributed by atoms with Crippen molar-refractivity contribution >= 4 is 0 Å². The van der Waals surface area contributed by atoms with Gasteiger partial charge in [0.15, 0.2) is 0 Å². The van der Waals surface area contributed by atoms with Gasteiger partial charge in [-0.1, -0.05) is 44.2 Å². The second-order valence-corrected chi connectivity index (χ2v) is 6.58. The summed E-state index contributed by atoms with van der Waals surface area (Å²) in [5.41, 5.74) is 1.49. The standard InChI is InChI=1S/C17H28N2/c1-14(2)10-11-19-13-17(4,18-12-15(19)3)16-8-6-5-7-9-16/h5-9,14-15,18H,10-13H2,1-4H3. The molecule has 1 aromatic carbocycles. The summed E-state index contributed by atoms with van der Waals surface area (Å²) < 4.78 is 0. The van der Waals surface area contributed by atoms with E-state index in [9.17, 15) is 0 Å². The molecule has 0 bridgehead atoms. The second kappa shape index (κ2) is 6.06. The molecular formula is C17H28N2. The van der Waals surface area contributed by atoms with Crippen LogP contribution in [0.1, 0.15) is 39.7 Å². The maximum absolute atomic E-state index is 3.74. The molecule has 1 aliphatic rings. The van der Waals surface area contributed by atoms with Gasteiger partial charge in [-0.25, -0.2) is 0 Å². The van der Waals surface area contributed by atoms with E-state index in [-0.39, 0.29) is 5.54 Å². The van der Waals surface area contributed by atoms with Crippen molar-refractivity contribution in [1.82, 2.24) is 10.2 Å². The van der Waals surface area contributed by atoms with Crippen LogP contribution in [-0.4, -0.2) is 30.6 Å². The van der Waals surface area contributed by atoms with Crippen LogP contribution in [0.5, 0.6) is 0 Å². The Labute approximate surface area is 118 Å². The highest BCUT2D eigenvalue weighted by Gasteiger charge is 2.34. The van der Waals surface area contributed by atoms with Gasteiger partial charge in [-0.3, -0.25) is 4.90 Å². The summed E-state index contributed by atoms with van der Waals surface area (Å²) in [6, 6.07) is 11.5. The molecule has 0 radical (unpaired) electrons. The minimum absolute atomic E-state index is 0.0880. The van der Waals surface area contributed by atoms with Crippen LogP contribution in [0, 0.1) is 5.92 Å². The lowest BCUT2D eigenvalue weighted by Gasteiger charge is -2.45. The van der Waals surface area contributed by atoms with E-state index in [4.69, 9.17) is 0 Å². The van der Waals surface area contributed by atoms with E-state index in [1.54, 1.807) is 0 Å². The first-order chi connectivity index (χ1) is 9.01. The molecule has 19 heavy (non-hydrogen) atoms. The van der Waals surface area contributed by atoms with Gasteiger partial charge in [0, 0.05) is 19.1 Å². The first kappa shape index (κ1) is 14.5. The normalized spacial score (nSPS) is 28.8. The van der Waals surface area contributed by atoms with Gasteiger partial charge < -0.3 is 5.32 Å². The van der Waals surface area contributed by atoms with Crippen molar-refractivity contribution in [3.63, 3.8) is 0 Å². The monoisotopic (exact) mass is 260 g/mol. The minimum atomic E-state index is 0.0880. The van der Waals surface area contributed by atoms with Crippen LogP contribution in [0.2, 0.25) is 0 Å². The summed E-state index contributed by atoms with van der Waals surface area (Å²) in [6.45, 7) is 12.7. The zero-order valence-corrected chi connectivity index (χ0v) is 12.8. The quantitative estimate of drug-likeness (QED) is 0.894. The van der Waals surface area contributed by atoms with Crippen molar-refractivity contribution in [3.05, 3.63) is 35.9 Å². The Morgan fingerprint density at radius 3 is 2.63 bits per heavy atom. The van der Waals surface area contributed by atoms with E-state index in [0.29, 0.717) is 6.04 Å². The number of hydrogen-bond acceptors (Lipinski definition) is 2. The van der Waals surface area contributed by atoms with Crippen molar-refractivity contribution in [1.29, 1.82) is 0 Å². The summed E-state index contributed by atoms with van der Waals surface area (Å²) >= 11 is 0. The first-order valence-corrected chi connectivity index (χ1v) is 7.56. The van der Waals surface area contributed by atoms with Crippen LogP contribution < -0.4 is 5.32 Å². The lowest BCUT2D eigenvalue weighted by Crippen LogP contribution is -2.60. The first-order valence-electron chi connectivity index (χ1n) is 7.56. The van der Waals surface area contributed by atoms with Gasteiger partial charge in [0.1, 0.15) is 0 Å². The molecule has 0 aromatic heterocycles. The number of benzene rings is 1. The van der Waals surface area contributed by atoms with Crippen molar-refractivity contribution in [2.24, 2.45) is 5.92 Å². The number of nitrogens with one attached hydrogen (secondary N) is 1. The maximum Gasteiger partial charge on any atom is 0.0535 e. The molecule has 1 aromatic rings. The fourth-order valence-electron chi connectivity index (χ4n) is 2.84. The fraction of sp³-hybridized carbons (Fsp3) is 0.647. The third kappa shape index (κ3) is 3.58. The molecule has 1 fully saturated rings. The van der Waals surface area contributed by atoms with Gasteiger partial charge in [-0.15, -0.1) is 0 Å². The Morgan fingerprint density at radius 1 is 1.32 bits per heavy atom. The van der Waals surface area contributed by atoms with Gasteiger partial charge in [0.25, 0.3) is 0 Å². The van der Waals surface area contributed by atoms with Gasteiger partial charge >= 0.3 is 0 Å².